The maximum Gasteiger partial charge on any atom is 0.416 e. The van der Waals surface area contributed by atoms with Crippen LogP contribution in [0, 0.1) is 0 Å². The average Bonchev–Trinajstić information content (AvgIpc) is 2.88. The molecule has 1 atom stereocenters. The number of halogens is 3. The van der Waals surface area contributed by atoms with Gasteiger partial charge in [-0.05, 0) is 23.8 Å². The smallest absolute Gasteiger partial charge is 0.416 e. The van der Waals surface area contributed by atoms with Gasteiger partial charge in [-0.25, -0.2) is 0 Å². The van der Waals surface area contributed by atoms with Crippen LogP contribution in [-0.2, 0) is 12.7 Å². The van der Waals surface area contributed by atoms with E-state index in [1.54, 1.807) is 0 Å². The third-order valence-electron chi connectivity index (χ3n) is 3.53. The van der Waals surface area contributed by atoms with Gasteiger partial charge in [0.2, 0.25) is 0 Å². The minimum Gasteiger partial charge on any atom is -0.491 e. The van der Waals surface area contributed by atoms with E-state index in [2.05, 4.69) is 5.32 Å². The summed E-state index contributed by atoms with van der Waals surface area (Å²) < 4.78 is 43.0. The first-order valence-electron chi connectivity index (χ1n) is 6.65. The van der Waals surface area contributed by atoms with Crippen LogP contribution >= 0.6 is 0 Å². The second-order valence-corrected chi connectivity index (χ2v) is 4.98. The van der Waals surface area contributed by atoms with Crippen LogP contribution in [0.25, 0.3) is 0 Å². The number of hydrogen-bond acceptors (Lipinski definition) is 2. The Labute approximate surface area is 120 Å². The van der Waals surface area contributed by atoms with E-state index in [0.717, 1.165) is 29.0 Å². The number of alkyl halides is 3. The van der Waals surface area contributed by atoms with Gasteiger partial charge in [0.05, 0.1) is 11.6 Å². The number of benzene rings is 2. The lowest BCUT2D eigenvalue weighted by molar-refractivity contribution is -0.137. The molecule has 1 heterocycles. The molecule has 1 aliphatic heterocycles. The highest BCUT2D eigenvalue weighted by Crippen LogP contribution is 2.32. The maximum absolute atomic E-state index is 12.5. The largest absolute Gasteiger partial charge is 0.491 e. The molecular weight excluding hydrogens is 279 g/mol. The van der Waals surface area contributed by atoms with E-state index in [4.69, 9.17) is 4.74 Å². The highest BCUT2D eigenvalue weighted by molar-refractivity contribution is 5.39. The standard InChI is InChI=1S/C16H14F3NO/c17-16(18,19)12-7-5-11(6-8-12)9-20-14-10-21-15-4-2-1-3-13(14)15/h1-8,14,20H,9-10H2. The van der Waals surface area contributed by atoms with E-state index in [9.17, 15) is 13.2 Å². The molecule has 0 saturated heterocycles. The summed E-state index contributed by atoms with van der Waals surface area (Å²) in [6, 6.07) is 13.0. The molecule has 2 aromatic carbocycles. The molecule has 0 amide bonds. The molecule has 0 bridgehead atoms. The predicted octanol–water partition coefficient (Wildman–Crippen LogP) is 3.93. The van der Waals surface area contributed by atoms with Crippen molar-refractivity contribution in [2.45, 2.75) is 18.8 Å². The fraction of sp³-hybridized carbons (Fsp3) is 0.250. The van der Waals surface area contributed by atoms with Crippen molar-refractivity contribution in [3.63, 3.8) is 0 Å². The topological polar surface area (TPSA) is 21.3 Å². The molecule has 0 aromatic heterocycles. The molecule has 0 radical (unpaired) electrons. The number of ether oxygens (including phenoxy) is 1. The predicted molar refractivity (Wildman–Crippen MR) is 73.0 cm³/mol. The van der Waals surface area contributed by atoms with Crippen LogP contribution in [0.5, 0.6) is 5.75 Å². The van der Waals surface area contributed by atoms with Crippen LogP contribution in [0.4, 0.5) is 13.2 Å². The zero-order valence-corrected chi connectivity index (χ0v) is 11.2. The Morgan fingerprint density at radius 2 is 1.76 bits per heavy atom. The lowest BCUT2D eigenvalue weighted by Crippen LogP contribution is -2.22. The molecule has 1 aliphatic rings. The number of hydrogen-bond donors (Lipinski definition) is 1. The first-order valence-corrected chi connectivity index (χ1v) is 6.65. The fourth-order valence-corrected chi connectivity index (χ4v) is 2.38. The SMILES string of the molecule is FC(F)(F)c1ccc(CNC2COc3ccccc32)cc1. The highest BCUT2D eigenvalue weighted by Gasteiger charge is 2.30. The number of rotatable bonds is 3. The maximum atomic E-state index is 12.5. The summed E-state index contributed by atoms with van der Waals surface area (Å²) in [4.78, 5) is 0. The van der Waals surface area contributed by atoms with Gasteiger partial charge in [0.25, 0.3) is 0 Å². The third kappa shape index (κ3) is 3.03. The van der Waals surface area contributed by atoms with E-state index in [1.165, 1.54) is 12.1 Å². The van der Waals surface area contributed by atoms with Gasteiger partial charge in [-0.2, -0.15) is 13.2 Å². The van der Waals surface area contributed by atoms with Gasteiger partial charge in [-0.15, -0.1) is 0 Å². The number of nitrogens with one attached hydrogen (secondary N) is 1. The van der Waals surface area contributed by atoms with Crippen molar-refractivity contribution in [1.82, 2.24) is 5.32 Å². The van der Waals surface area contributed by atoms with Crippen molar-refractivity contribution in [3.8, 4) is 5.75 Å². The molecular formula is C16H14F3NO. The second-order valence-electron chi connectivity index (χ2n) is 4.98. The van der Waals surface area contributed by atoms with Crippen LogP contribution in [0.15, 0.2) is 48.5 Å². The summed E-state index contributed by atoms with van der Waals surface area (Å²) in [6.45, 7) is 1.04. The summed E-state index contributed by atoms with van der Waals surface area (Å²) in [6.07, 6.45) is -4.29. The van der Waals surface area contributed by atoms with Crippen LogP contribution in [0.3, 0.4) is 0 Å². The number of fused-ring (bicyclic) bond motifs is 1. The fourth-order valence-electron chi connectivity index (χ4n) is 2.38. The zero-order valence-electron chi connectivity index (χ0n) is 11.2. The summed E-state index contributed by atoms with van der Waals surface area (Å²) in [5.41, 5.74) is 1.28. The quantitative estimate of drug-likeness (QED) is 0.926. The Morgan fingerprint density at radius 3 is 2.48 bits per heavy atom. The average molecular weight is 293 g/mol. The third-order valence-corrected chi connectivity index (χ3v) is 3.53. The van der Waals surface area contributed by atoms with Gasteiger partial charge in [0, 0.05) is 12.1 Å². The molecule has 0 fully saturated rings. The molecule has 0 saturated carbocycles. The van der Waals surface area contributed by atoms with Gasteiger partial charge in [0.15, 0.2) is 0 Å². The minimum absolute atomic E-state index is 0.0727. The first-order chi connectivity index (χ1) is 10.0. The van der Waals surface area contributed by atoms with Gasteiger partial charge in [-0.3, -0.25) is 0 Å². The van der Waals surface area contributed by atoms with Crippen LogP contribution in [0.1, 0.15) is 22.7 Å². The summed E-state index contributed by atoms with van der Waals surface area (Å²) in [7, 11) is 0. The molecule has 3 rings (SSSR count). The van der Waals surface area contributed by atoms with Crippen LogP contribution in [-0.4, -0.2) is 6.61 Å². The van der Waals surface area contributed by atoms with Gasteiger partial charge in [0.1, 0.15) is 12.4 Å². The second kappa shape index (κ2) is 5.41. The van der Waals surface area contributed by atoms with Crippen LogP contribution < -0.4 is 10.1 Å². The van der Waals surface area contributed by atoms with Gasteiger partial charge >= 0.3 is 6.18 Å². The van der Waals surface area contributed by atoms with Crippen molar-refractivity contribution >= 4 is 0 Å². The summed E-state index contributed by atoms with van der Waals surface area (Å²) in [5, 5.41) is 3.31. The normalized spacial score (nSPS) is 17.4. The Kier molecular flexibility index (Phi) is 3.59. The summed E-state index contributed by atoms with van der Waals surface area (Å²) >= 11 is 0. The van der Waals surface area contributed by atoms with E-state index in [1.807, 2.05) is 24.3 Å². The van der Waals surface area contributed by atoms with E-state index in [0.29, 0.717) is 13.2 Å². The molecule has 0 aliphatic carbocycles. The highest BCUT2D eigenvalue weighted by atomic mass is 19.4. The van der Waals surface area contributed by atoms with Gasteiger partial charge in [-0.1, -0.05) is 30.3 Å². The number of para-hydroxylation sites is 1. The molecule has 2 aromatic rings. The van der Waals surface area contributed by atoms with E-state index < -0.39 is 11.7 Å². The Morgan fingerprint density at radius 1 is 1.05 bits per heavy atom. The summed E-state index contributed by atoms with van der Waals surface area (Å²) in [5.74, 6) is 0.863. The molecule has 1 N–H and O–H groups in total. The molecule has 5 heteroatoms. The molecule has 110 valence electrons. The Bertz CT molecular complexity index is 622. The lowest BCUT2D eigenvalue weighted by Gasteiger charge is -2.12. The van der Waals surface area contributed by atoms with Crippen molar-refractivity contribution in [2.75, 3.05) is 6.61 Å². The molecule has 21 heavy (non-hydrogen) atoms. The van der Waals surface area contributed by atoms with Crippen LogP contribution in [0.2, 0.25) is 0 Å². The molecule has 1 unspecified atom stereocenters. The van der Waals surface area contributed by atoms with Crippen molar-refractivity contribution in [3.05, 3.63) is 65.2 Å². The molecule has 2 nitrogen and oxygen atoms in total. The van der Waals surface area contributed by atoms with E-state index >= 15 is 0 Å². The van der Waals surface area contributed by atoms with E-state index in [-0.39, 0.29) is 6.04 Å². The van der Waals surface area contributed by atoms with Crippen molar-refractivity contribution in [1.29, 1.82) is 0 Å². The van der Waals surface area contributed by atoms with Crippen molar-refractivity contribution in [2.24, 2.45) is 0 Å². The minimum atomic E-state index is -4.29. The first kappa shape index (κ1) is 13.9. The van der Waals surface area contributed by atoms with Gasteiger partial charge < -0.3 is 10.1 Å². The molecule has 0 spiro atoms. The monoisotopic (exact) mass is 293 g/mol. The van der Waals surface area contributed by atoms with Crippen molar-refractivity contribution < 1.29 is 17.9 Å². The Hall–Kier alpha value is -2.01. The lowest BCUT2D eigenvalue weighted by atomic mass is 10.1. The Balaban J connectivity index is 1.64. The zero-order chi connectivity index (χ0) is 14.9.